The fourth-order valence-corrected chi connectivity index (χ4v) is 1.68. The van der Waals surface area contributed by atoms with Crippen LogP contribution in [0.3, 0.4) is 0 Å². The third-order valence-corrected chi connectivity index (χ3v) is 2.74. The number of amides is 4. The molecule has 2 heterocycles. The Bertz CT molecular complexity index is 441. The van der Waals surface area contributed by atoms with Crippen LogP contribution >= 0.6 is 0 Å². The summed E-state index contributed by atoms with van der Waals surface area (Å²) in [5.41, 5.74) is -1.31. The van der Waals surface area contributed by atoms with Gasteiger partial charge in [0.2, 0.25) is 0 Å². The first-order valence-electron chi connectivity index (χ1n) is 5.60. The molecule has 4 amide bonds. The molecule has 0 aliphatic carbocycles. The van der Waals surface area contributed by atoms with E-state index in [1.165, 1.54) is 13.2 Å². The quantitative estimate of drug-likeness (QED) is 0.718. The van der Waals surface area contributed by atoms with Crippen molar-refractivity contribution in [2.45, 2.75) is 12.5 Å². The predicted molar refractivity (Wildman–Crippen MR) is 61.8 cm³/mol. The lowest BCUT2D eigenvalue weighted by atomic mass is 10.0. The lowest BCUT2D eigenvalue weighted by Crippen LogP contribution is -2.46. The van der Waals surface area contributed by atoms with Crippen LogP contribution in [0.5, 0.6) is 0 Å². The molecule has 1 aromatic rings. The van der Waals surface area contributed by atoms with Gasteiger partial charge in [-0.1, -0.05) is 0 Å². The van der Waals surface area contributed by atoms with Crippen LogP contribution in [0, 0.1) is 0 Å². The second-order valence-electron chi connectivity index (χ2n) is 4.29. The number of hydrogen-bond donors (Lipinski definition) is 3. The standard InChI is InChI=1S/C11H15N3O4/c1-11(17,8-3-2-6-18-8)7-13-10(16)14-5-4-12-9(14)15/h2-3,6,17H,4-5,7H2,1H3,(H,12,15)(H,13,16)/t11-/m0/s1. The van der Waals surface area contributed by atoms with Gasteiger partial charge in [0.1, 0.15) is 11.4 Å². The van der Waals surface area contributed by atoms with Crippen LogP contribution in [-0.4, -0.2) is 41.7 Å². The van der Waals surface area contributed by atoms with E-state index >= 15 is 0 Å². The molecule has 7 heteroatoms. The second kappa shape index (κ2) is 4.69. The molecule has 1 saturated heterocycles. The largest absolute Gasteiger partial charge is 0.466 e. The number of rotatable bonds is 3. The number of carbonyl (C=O) groups is 2. The molecule has 1 aliphatic rings. The Kier molecular flexibility index (Phi) is 3.24. The van der Waals surface area contributed by atoms with Crippen LogP contribution in [0.25, 0.3) is 0 Å². The molecule has 7 nitrogen and oxygen atoms in total. The molecule has 0 radical (unpaired) electrons. The van der Waals surface area contributed by atoms with Gasteiger partial charge in [-0.25, -0.2) is 14.5 Å². The van der Waals surface area contributed by atoms with Crippen LogP contribution in [0.4, 0.5) is 9.59 Å². The van der Waals surface area contributed by atoms with Crippen molar-refractivity contribution < 1.29 is 19.1 Å². The van der Waals surface area contributed by atoms with Crippen molar-refractivity contribution in [2.24, 2.45) is 0 Å². The molecule has 1 aromatic heterocycles. The van der Waals surface area contributed by atoms with Crippen molar-refractivity contribution in [1.29, 1.82) is 0 Å². The number of urea groups is 2. The molecule has 0 bridgehead atoms. The summed E-state index contributed by atoms with van der Waals surface area (Å²) in [5, 5.41) is 15.1. The number of carbonyl (C=O) groups excluding carboxylic acids is 2. The predicted octanol–water partition coefficient (Wildman–Crippen LogP) is 0.222. The molecule has 0 saturated carbocycles. The van der Waals surface area contributed by atoms with Crippen LogP contribution in [0.1, 0.15) is 12.7 Å². The van der Waals surface area contributed by atoms with Crippen molar-refractivity contribution in [1.82, 2.24) is 15.5 Å². The minimum Gasteiger partial charge on any atom is -0.466 e. The Morgan fingerprint density at radius 3 is 3.06 bits per heavy atom. The van der Waals surface area contributed by atoms with E-state index < -0.39 is 17.7 Å². The summed E-state index contributed by atoms with van der Waals surface area (Å²) in [4.78, 5) is 24.0. The van der Waals surface area contributed by atoms with E-state index in [-0.39, 0.29) is 6.54 Å². The molecule has 0 spiro atoms. The minimum absolute atomic E-state index is 0.0386. The molecule has 1 fully saturated rings. The van der Waals surface area contributed by atoms with Gasteiger partial charge in [0.15, 0.2) is 0 Å². The molecule has 1 atom stereocenters. The Hall–Kier alpha value is -2.02. The fraction of sp³-hybridized carbons (Fsp3) is 0.455. The first-order chi connectivity index (χ1) is 8.50. The molecule has 18 heavy (non-hydrogen) atoms. The monoisotopic (exact) mass is 253 g/mol. The summed E-state index contributed by atoms with van der Waals surface area (Å²) >= 11 is 0. The van der Waals surface area contributed by atoms with Crippen molar-refractivity contribution in [3.8, 4) is 0 Å². The van der Waals surface area contributed by atoms with Crippen molar-refractivity contribution >= 4 is 12.1 Å². The van der Waals surface area contributed by atoms with Gasteiger partial charge >= 0.3 is 12.1 Å². The zero-order valence-electron chi connectivity index (χ0n) is 9.97. The third-order valence-electron chi connectivity index (χ3n) is 2.74. The summed E-state index contributed by atoms with van der Waals surface area (Å²) in [5.74, 6) is 0.355. The van der Waals surface area contributed by atoms with Gasteiger partial charge in [-0.2, -0.15) is 0 Å². The van der Waals surface area contributed by atoms with Gasteiger partial charge in [0.05, 0.1) is 12.8 Å². The molecular formula is C11H15N3O4. The van der Waals surface area contributed by atoms with Gasteiger partial charge in [0, 0.05) is 13.1 Å². The highest BCUT2D eigenvalue weighted by Crippen LogP contribution is 2.19. The average Bonchev–Trinajstić information content (AvgIpc) is 2.96. The Morgan fingerprint density at radius 1 is 1.72 bits per heavy atom. The van der Waals surface area contributed by atoms with Crippen molar-refractivity contribution in [3.05, 3.63) is 24.2 Å². The molecule has 2 rings (SSSR count). The normalized spacial score (nSPS) is 18.3. The van der Waals surface area contributed by atoms with Gasteiger partial charge in [-0.05, 0) is 19.1 Å². The maximum Gasteiger partial charge on any atom is 0.325 e. The maximum absolute atomic E-state index is 11.7. The van der Waals surface area contributed by atoms with Gasteiger partial charge < -0.3 is 20.2 Å². The lowest BCUT2D eigenvalue weighted by Gasteiger charge is -2.22. The van der Waals surface area contributed by atoms with Crippen LogP contribution in [0.2, 0.25) is 0 Å². The fourth-order valence-electron chi connectivity index (χ4n) is 1.68. The number of hydrogen-bond acceptors (Lipinski definition) is 4. The van der Waals surface area contributed by atoms with Gasteiger partial charge in [-0.3, -0.25) is 0 Å². The molecule has 0 aromatic carbocycles. The summed E-state index contributed by atoms with van der Waals surface area (Å²) in [6.45, 7) is 2.26. The number of nitrogens with one attached hydrogen (secondary N) is 2. The number of aliphatic hydroxyl groups is 1. The molecular weight excluding hydrogens is 238 g/mol. The van der Waals surface area contributed by atoms with E-state index in [9.17, 15) is 14.7 Å². The first kappa shape index (κ1) is 12.4. The zero-order chi connectivity index (χ0) is 13.2. The second-order valence-corrected chi connectivity index (χ2v) is 4.29. The van der Waals surface area contributed by atoms with E-state index in [0.29, 0.717) is 18.8 Å². The van der Waals surface area contributed by atoms with E-state index in [1.54, 1.807) is 12.1 Å². The molecule has 1 aliphatic heterocycles. The maximum atomic E-state index is 11.7. The number of nitrogens with zero attached hydrogens (tertiary/aromatic N) is 1. The van der Waals surface area contributed by atoms with E-state index in [1.807, 2.05) is 0 Å². The third kappa shape index (κ3) is 2.45. The summed E-state index contributed by atoms with van der Waals surface area (Å²) in [6.07, 6.45) is 1.44. The Labute approximate surface area is 104 Å². The number of furan rings is 1. The van der Waals surface area contributed by atoms with Crippen molar-refractivity contribution in [3.63, 3.8) is 0 Å². The van der Waals surface area contributed by atoms with E-state index in [0.717, 1.165) is 4.90 Å². The zero-order valence-corrected chi connectivity index (χ0v) is 9.97. The molecule has 3 N–H and O–H groups in total. The summed E-state index contributed by atoms with van der Waals surface area (Å²) in [6, 6.07) is 2.32. The van der Waals surface area contributed by atoms with Crippen molar-refractivity contribution in [2.75, 3.05) is 19.6 Å². The van der Waals surface area contributed by atoms with E-state index in [4.69, 9.17) is 4.42 Å². The average molecular weight is 253 g/mol. The van der Waals surface area contributed by atoms with E-state index in [2.05, 4.69) is 10.6 Å². The Morgan fingerprint density at radius 2 is 2.50 bits per heavy atom. The topological polar surface area (TPSA) is 94.8 Å². The number of imide groups is 1. The minimum atomic E-state index is -1.31. The summed E-state index contributed by atoms with van der Waals surface area (Å²) in [7, 11) is 0. The highest BCUT2D eigenvalue weighted by Gasteiger charge is 2.30. The smallest absolute Gasteiger partial charge is 0.325 e. The summed E-state index contributed by atoms with van der Waals surface area (Å²) < 4.78 is 5.08. The molecule has 0 unspecified atom stereocenters. The molecule has 98 valence electrons. The SMILES string of the molecule is C[C@](O)(CNC(=O)N1CCNC1=O)c1ccco1. The van der Waals surface area contributed by atoms with Gasteiger partial charge in [0.25, 0.3) is 0 Å². The van der Waals surface area contributed by atoms with Gasteiger partial charge in [-0.15, -0.1) is 0 Å². The van der Waals surface area contributed by atoms with Crippen LogP contribution in [-0.2, 0) is 5.60 Å². The highest BCUT2D eigenvalue weighted by molar-refractivity contribution is 5.94. The first-order valence-corrected chi connectivity index (χ1v) is 5.60. The Balaban J connectivity index is 1.91. The highest BCUT2D eigenvalue weighted by atomic mass is 16.4. The van der Waals surface area contributed by atoms with Crippen LogP contribution < -0.4 is 10.6 Å². The lowest BCUT2D eigenvalue weighted by molar-refractivity contribution is 0.0359. The van der Waals surface area contributed by atoms with Crippen LogP contribution in [0.15, 0.2) is 22.8 Å².